The van der Waals surface area contributed by atoms with Gasteiger partial charge in [0.25, 0.3) is 0 Å². The third-order valence-corrected chi connectivity index (χ3v) is 4.46. The van der Waals surface area contributed by atoms with Crippen molar-refractivity contribution in [2.24, 2.45) is 5.16 Å². The summed E-state index contributed by atoms with van der Waals surface area (Å²) in [4.78, 5) is 1.02. The van der Waals surface area contributed by atoms with Crippen LogP contribution in [0.25, 0.3) is 10.8 Å². The molecule has 0 saturated heterocycles. The van der Waals surface area contributed by atoms with Crippen molar-refractivity contribution in [3.8, 4) is 5.75 Å². The molecule has 0 radical (unpaired) electrons. The molecule has 1 atom stereocenters. The molecule has 0 fully saturated rings. The van der Waals surface area contributed by atoms with Crippen LogP contribution in [0, 0.1) is 0 Å². The first-order valence-corrected chi connectivity index (χ1v) is 8.22. The summed E-state index contributed by atoms with van der Waals surface area (Å²) in [7, 11) is 0. The van der Waals surface area contributed by atoms with Crippen LogP contribution in [0.1, 0.15) is 12.5 Å². The molecule has 1 aliphatic rings. The molecule has 4 rings (SSSR count). The van der Waals surface area contributed by atoms with E-state index in [9.17, 15) is 0 Å². The van der Waals surface area contributed by atoms with Crippen LogP contribution in [-0.2, 0) is 4.28 Å². The molecule has 0 spiro atoms. The molecule has 3 nitrogen and oxygen atoms in total. The zero-order valence-corrected chi connectivity index (χ0v) is 13.4. The Hall–Kier alpha value is -2.46. The van der Waals surface area contributed by atoms with Crippen LogP contribution >= 0.6 is 12.0 Å². The molecule has 4 heteroatoms. The molecule has 0 N–H and O–H groups in total. The van der Waals surface area contributed by atoms with E-state index in [0.29, 0.717) is 0 Å². The van der Waals surface area contributed by atoms with Gasteiger partial charge in [-0.15, -0.1) is 0 Å². The number of ether oxygens (including phenoxy) is 1. The zero-order valence-electron chi connectivity index (χ0n) is 12.6. The molecule has 1 aliphatic heterocycles. The third kappa shape index (κ3) is 2.66. The maximum Gasteiger partial charge on any atom is 0.142 e. The summed E-state index contributed by atoms with van der Waals surface area (Å²) in [6, 6.07) is 22.2. The maximum atomic E-state index is 5.91. The fourth-order valence-corrected chi connectivity index (χ4v) is 3.23. The highest BCUT2D eigenvalue weighted by Crippen LogP contribution is 2.36. The van der Waals surface area contributed by atoms with Crippen LogP contribution in [0.5, 0.6) is 5.75 Å². The lowest BCUT2D eigenvalue weighted by molar-refractivity contribution is 0.297. The van der Waals surface area contributed by atoms with Gasteiger partial charge in [-0.2, -0.15) is 0 Å². The van der Waals surface area contributed by atoms with E-state index in [1.165, 1.54) is 17.4 Å². The summed E-state index contributed by atoms with van der Waals surface area (Å²) < 4.78 is 11.4. The fraction of sp³-hybridized carbons (Fsp3) is 0.105. The molecule has 0 saturated carbocycles. The van der Waals surface area contributed by atoms with Crippen LogP contribution in [-0.4, -0.2) is 11.8 Å². The van der Waals surface area contributed by atoms with E-state index in [4.69, 9.17) is 9.02 Å². The van der Waals surface area contributed by atoms with Crippen molar-refractivity contribution in [2.45, 2.75) is 17.9 Å². The minimum atomic E-state index is -0.118. The Kier molecular flexibility index (Phi) is 3.67. The Balaban J connectivity index is 1.68. The number of rotatable bonds is 3. The first-order valence-electron chi connectivity index (χ1n) is 7.48. The second kappa shape index (κ2) is 5.97. The molecule has 0 amide bonds. The van der Waals surface area contributed by atoms with Crippen LogP contribution in [0.15, 0.2) is 76.8 Å². The van der Waals surface area contributed by atoms with E-state index in [2.05, 4.69) is 23.4 Å². The van der Waals surface area contributed by atoms with Gasteiger partial charge in [-0.3, -0.25) is 0 Å². The minimum absolute atomic E-state index is 0.118. The van der Waals surface area contributed by atoms with Crippen molar-refractivity contribution in [3.63, 3.8) is 0 Å². The van der Waals surface area contributed by atoms with Crippen LogP contribution in [0.3, 0.4) is 0 Å². The Morgan fingerprint density at radius 3 is 2.61 bits per heavy atom. The van der Waals surface area contributed by atoms with Gasteiger partial charge in [0.05, 0.1) is 10.5 Å². The van der Waals surface area contributed by atoms with Gasteiger partial charge in [0, 0.05) is 0 Å². The molecule has 0 bridgehead atoms. The molecule has 0 aliphatic carbocycles. The molecular formula is C19H15NO2S. The van der Waals surface area contributed by atoms with Gasteiger partial charge in [0.2, 0.25) is 0 Å². The predicted molar refractivity (Wildman–Crippen MR) is 94.0 cm³/mol. The average Bonchev–Trinajstić information content (AvgIpc) is 2.92. The molecule has 1 unspecified atom stereocenters. The minimum Gasteiger partial charge on any atom is -0.484 e. The Bertz CT molecular complexity index is 877. The van der Waals surface area contributed by atoms with E-state index >= 15 is 0 Å². The van der Waals surface area contributed by atoms with Crippen LogP contribution < -0.4 is 4.74 Å². The maximum absolute atomic E-state index is 5.91. The number of nitrogens with zero attached hydrogens (tertiary/aromatic N) is 1. The monoisotopic (exact) mass is 321 g/mol. The fourth-order valence-electron chi connectivity index (χ4n) is 2.76. The highest BCUT2D eigenvalue weighted by molar-refractivity contribution is 7.94. The van der Waals surface area contributed by atoms with Gasteiger partial charge >= 0.3 is 0 Å². The topological polar surface area (TPSA) is 30.8 Å². The molecule has 3 aromatic carbocycles. The van der Waals surface area contributed by atoms with Crippen molar-refractivity contribution in [2.75, 3.05) is 0 Å². The van der Waals surface area contributed by atoms with Gasteiger partial charge in [0.1, 0.15) is 29.6 Å². The Labute approximate surface area is 139 Å². The lowest BCUT2D eigenvalue weighted by Crippen LogP contribution is -2.16. The van der Waals surface area contributed by atoms with Crippen molar-refractivity contribution < 1.29 is 9.02 Å². The summed E-state index contributed by atoms with van der Waals surface area (Å²) in [6.07, 6.45) is -0.118. The highest BCUT2D eigenvalue weighted by Gasteiger charge is 2.29. The third-order valence-electron chi connectivity index (χ3n) is 3.85. The number of oxime groups is 1. The Morgan fingerprint density at radius 2 is 1.74 bits per heavy atom. The van der Waals surface area contributed by atoms with Gasteiger partial charge < -0.3 is 9.02 Å². The van der Waals surface area contributed by atoms with Crippen LogP contribution in [0.4, 0.5) is 0 Å². The van der Waals surface area contributed by atoms with E-state index < -0.39 is 0 Å². The van der Waals surface area contributed by atoms with E-state index in [1.54, 1.807) is 0 Å². The van der Waals surface area contributed by atoms with Crippen molar-refractivity contribution in [1.82, 2.24) is 0 Å². The predicted octanol–water partition coefficient (Wildman–Crippen LogP) is 5.05. The number of benzene rings is 3. The second-order valence-electron chi connectivity index (χ2n) is 5.37. The number of hydrogen-bond donors (Lipinski definition) is 0. The molecular weight excluding hydrogens is 306 g/mol. The number of hydrogen-bond acceptors (Lipinski definition) is 4. The standard InChI is InChI=1S/C19H15NO2S/c1-13-19(20-22-23-15-8-3-2-4-9-15)18-16-10-6-5-7-14(16)11-12-17(18)21-13/h2-13H,1H3/b20-19+. The quantitative estimate of drug-likeness (QED) is 0.499. The Morgan fingerprint density at radius 1 is 0.957 bits per heavy atom. The summed E-state index contributed by atoms with van der Waals surface area (Å²) >= 11 is 1.25. The molecule has 23 heavy (non-hydrogen) atoms. The second-order valence-corrected chi connectivity index (χ2v) is 6.15. The number of fused-ring (bicyclic) bond motifs is 3. The van der Waals surface area contributed by atoms with Crippen molar-refractivity contribution in [3.05, 3.63) is 72.3 Å². The molecule has 114 valence electrons. The average molecular weight is 321 g/mol. The van der Waals surface area contributed by atoms with Gasteiger partial charge in [-0.25, -0.2) is 0 Å². The molecule has 3 aromatic rings. The first-order chi connectivity index (χ1) is 11.3. The summed E-state index contributed by atoms with van der Waals surface area (Å²) in [5, 5.41) is 6.66. The summed E-state index contributed by atoms with van der Waals surface area (Å²) in [5.74, 6) is 0.864. The zero-order chi connectivity index (χ0) is 15.6. The summed E-state index contributed by atoms with van der Waals surface area (Å²) in [5.41, 5.74) is 1.87. The normalized spacial score (nSPS) is 18.0. The lowest BCUT2D eigenvalue weighted by Gasteiger charge is -2.04. The highest BCUT2D eigenvalue weighted by atomic mass is 32.2. The van der Waals surface area contributed by atoms with Gasteiger partial charge in [-0.1, -0.05) is 53.7 Å². The van der Waals surface area contributed by atoms with Crippen molar-refractivity contribution in [1.29, 1.82) is 0 Å². The van der Waals surface area contributed by atoms with Gasteiger partial charge in [-0.05, 0) is 35.9 Å². The SMILES string of the molecule is CC1Oc2ccc3ccccc3c2/C1=N/OSc1ccccc1. The molecule has 1 heterocycles. The van der Waals surface area contributed by atoms with Gasteiger partial charge in [0.15, 0.2) is 0 Å². The smallest absolute Gasteiger partial charge is 0.142 e. The largest absolute Gasteiger partial charge is 0.484 e. The van der Waals surface area contributed by atoms with Crippen LogP contribution in [0.2, 0.25) is 0 Å². The first kappa shape index (κ1) is 14.2. The lowest BCUT2D eigenvalue weighted by atomic mass is 10.00. The van der Waals surface area contributed by atoms with E-state index in [-0.39, 0.29) is 6.10 Å². The van der Waals surface area contributed by atoms with E-state index in [0.717, 1.165) is 27.3 Å². The summed E-state index contributed by atoms with van der Waals surface area (Å²) in [6.45, 7) is 1.99. The molecule has 0 aromatic heterocycles. The van der Waals surface area contributed by atoms with E-state index in [1.807, 2.05) is 55.5 Å². The van der Waals surface area contributed by atoms with Crippen molar-refractivity contribution >= 4 is 28.5 Å².